The van der Waals surface area contributed by atoms with Gasteiger partial charge in [0.05, 0.1) is 31.2 Å². The Hall–Kier alpha value is -3.92. The minimum atomic E-state index is -0.416. The summed E-state index contributed by atoms with van der Waals surface area (Å²) >= 11 is 0. The van der Waals surface area contributed by atoms with E-state index in [1.807, 2.05) is 12.3 Å². The lowest BCUT2D eigenvalue weighted by atomic mass is 10.0. The molecule has 5 rings (SSSR count). The van der Waals surface area contributed by atoms with Crippen LogP contribution >= 0.6 is 0 Å². The Labute approximate surface area is 189 Å². The van der Waals surface area contributed by atoms with Crippen molar-refractivity contribution in [3.05, 3.63) is 59.9 Å². The van der Waals surface area contributed by atoms with E-state index >= 15 is 4.39 Å². The second-order valence-corrected chi connectivity index (χ2v) is 7.90. The van der Waals surface area contributed by atoms with Crippen molar-refractivity contribution in [2.75, 3.05) is 25.6 Å². The molecule has 1 amide bonds. The predicted octanol–water partition coefficient (Wildman–Crippen LogP) is 2.86. The summed E-state index contributed by atoms with van der Waals surface area (Å²) in [5.41, 5.74) is 3.57. The van der Waals surface area contributed by atoms with Gasteiger partial charge in [0.2, 0.25) is 0 Å². The first-order valence-corrected chi connectivity index (χ1v) is 10.6. The highest BCUT2D eigenvalue weighted by Crippen LogP contribution is 2.33. The number of carbonyl (C=O) groups is 1. The minimum absolute atomic E-state index is 0.107. The minimum Gasteiger partial charge on any atom is -0.379 e. The molecule has 3 aromatic heterocycles. The molecule has 4 heterocycles. The monoisotopic (exact) mass is 447 g/mol. The molecule has 2 N–H and O–H groups in total. The standard InChI is InChI=1S/C23H22FN7O2/c1-13-7-15(23(32)25-2)8-17(20(13)24)18-10-28-31-11-19(14-3-5-26-27-9-14)21(30-22(18)31)29-16-4-6-33-12-16/h3,5,7-11,16H,4,6,12H2,1-2H3,(H,25,32)(H,29,30)/t16-/m0/s1. The SMILES string of the molecule is CNC(=O)c1cc(C)c(F)c(-c2cnn3cc(-c4ccnnc4)c(N[C@H]4CCOC4)nc23)c1. The van der Waals surface area contributed by atoms with Gasteiger partial charge in [0.15, 0.2) is 5.65 Å². The summed E-state index contributed by atoms with van der Waals surface area (Å²) < 4.78 is 22.3. The molecule has 1 aliphatic rings. The number of halogens is 1. The van der Waals surface area contributed by atoms with Crippen LogP contribution in [0.5, 0.6) is 0 Å². The smallest absolute Gasteiger partial charge is 0.251 e. The average molecular weight is 447 g/mol. The van der Waals surface area contributed by atoms with E-state index < -0.39 is 5.82 Å². The number of benzene rings is 1. The predicted molar refractivity (Wildman–Crippen MR) is 120 cm³/mol. The van der Waals surface area contributed by atoms with E-state index in [0.717, 1.165) is 17.5 Å². The molecule has 1 fully saturated rings. The third kappa shape index (κ3) is 3.89. The van der Waals surface area contributed by atoms with Crippen LogP contribution in [-0.4, -0.2) is 57.0 Å². The molecule has 1 aromatic carbocycles. The third-order valence-corrected chi connectivity index (χ3v) is 5.69. The van der Waals surface area contributed by atoms with Gasteiger partial charge >= 0.3 is 0 Å². The largest absolute Gasteiger partial charge is 0.379 e. The molecule has 0 bridgehead atoms. The van der Waals surface area contributed by atoms with Crippen LogP contribution in [0.2, 0.25) is 0 Å². The number of anilines is 1. The zero-order chi connectivity index (χ0) is 22.9. The Morgan fingerprint density at radius 2 is 2.09 bits per heavy atom. The highest BCUT2D eigenvalue weighted by atomic mass is 19.1. The van der Waals surface area contributed by atoms with E-state index in [1.54, 1.807) is 30.0 Å². The number of carbonyl (C=O) groups excluding carboxylic acids is 1. The van der Waals surface area contributed by atoms with Crippen molar-refractivity contribution in [2.45, 2.75) is 19.4 Å². The van der Waals surface area contributed by atoms with Crippen LogP contribution in [0.1, 0.15) is 22.3 Å². The van der Waals surface area contributed by atoms with Crippen LogP contribution in [0.15, 0.2) is 43.0 Å². The van der Waals surface area contributed by atoms with Gasteiger partial charge in [-0.05, 0) is 37.1 Å². The highest BCUT2D eigenvalue weighted by molar-refractivity contribution is 5.96. The number of rotatable bonds is 5. The van der Waals surface area contributed by atoms with Gasteiger partial charge in [-0.3, -0.25) is 4.79 Å². The summed E-state index contributed by atoms with van der Waals surface area (Å²) in [5.74, 6) is -0.0901. The fourth-order valence-electron chi connectivity index (χ4n) is 3.96. The van der Waals surface area contributed by atoms with E-state index in [-0.39, 0.29) is 17.5 Å². The van der Waals surface area contributed by atoms with Crippen LogP contribution in [-0.2, 0) is 4.74 Å². The van der Waals surface area contributed by atoms with Crippen LogP contribution in [0, 0.1) is 12.7 Å². The van der Waals surface area contributed by atoms with Gasteiger partial charge in [-0.2, -0.15) is 15.3 Å². The zero-order valence-corrected chi connectivity index (χ0v) is 18.2. The van der Waals surface area contributed by atoms with Crippen molar-refractivity contribution < 1.29 is 13.9 Å². The summed E-state index contributed by atoms with van der Waals surface area (Å²) in [6.45, 7) is 2.89. The highest BCUT2D eigenvalue weighted by Gasteiger charge is 2.22. The Morgan fingerprint density at radius 3 is 2.82 bits per heavy atom. The van der Waals surface area contributed by atoms with E-state index in [9.17, 15) is 4.79 Å². The summed E-state index contributed by atoms with van der Waals surface area (Å²) in [6.07, 6.45) is 7.51. The van der Waals surface area contributed by atoms with Gasteiger partial charge in [0.1, 0.15) is 11.6 Å². The van der Waals surface area contributed by atoms with Gasteiger partial charge in [-0.25, -0.2) is 13.9 Å². The van der Waals surface area contributed by atoms with Crippen LogP contribution in [0.25, 0.3) is 27.9 Å². The van der Waals surface area contributed by atoms with Crippen LogP contribution in [0.3, 0.4) is 0 Å². The topological polar surface area (TPSA) is 106 Å². The summed E-state index contributed by atoms with van der Waals surface area (Å²) in [5, 5.41) is 18.3. The average Bonchev–Trinajstić information content (AvgIpc) is 3.50. The molecule has 4 aromatic rings. The summed E-state index contributed by atoms with van der Waals surface area (Å²) in [7, 11) is 1.54. The first-order valence-electron chi connectivity index (χ1n) is 10.6. The second-order valence-electron chi connectivity index (χ2n) is 7.90. The lowest BCUT2D eigenvalue weighted by Gasteiger charge is -2.16. The number of aryl methyl sites for hydroxylation is 1. The Morgan fingerprint density at radius 1 is 1.21 bits per heavy atom. The van der Waals surface area contributed by atoms with Gasteiger partial charge < -0.3 is 15.4 Å². The number of hydrogen-bond acceptors (Lipinski definition) is 7. The fourth-order valence-corrected chi connectivity index (χ4v) is 3.96. The molecule has 1 aliphatic heterocycles. The molecule has 0 aliphatic carbocycles. The molecule has 33 heavy (non-hydrogen) atoms. The maximum absolute atomic E-state index is 15.2. The van der Waals surface area contributed by atoms with Crippen molar-refractivity contribution in [1.82, 2.24) is 30.1 Å². The third-order valence-electron chi connectivity index (χ3n) is 5.69. The van der Waals surface area contributed by atoms with Crippen LogP contribution < -0.4 is 10.6 Å². The molecule has 10 heteroatoms. The molecule has 0 unspecified atom stereocenters. The van der Waals surface area contributed by atoms with E-state index in [0.29, 0.717) is 41.4 Å². The first-order chi connectivity index (χ1) is 16.0. The molecule has 168 valence electrons. The number of amides is 1. The normalized spacial score (nSPS) is 15.7. The Balaban J connectivity index is 1.68. The van der Waals surface area contributed by atoms with E-state index in [4.69, 9.17) is 9.72 Å². The van der Waals surface area contributed by atoms with Crippen molar-refractivity contribution in [2.24, 2.45) is 0 Å². The number of aromatic nitrogens is 5. The molecule has 0 radical (unpaired) electrons. The molecule has 0 spiro atoms. The number of fused-ring (bicyclic) bond motifs is 1. The summed E-state index contributed by atoms with van der Waals surface area (Å²) in [6, 6.07) is 5.00. The lowest BCUT2D eigenvalue weighted by molar-refractivity contribution is 0.0963. The molecule has 1 saturated heterocycles. The Bertz CT molecular complexity index is 1330. The summed E-state index contributed by atoms with van der Waals surface area (Å²) in [4.78, 5) is 17.0. The number of nitrogens with zero attached hydrogens (tertiary/aromatic N) is 5. The van der Waals surface area contributed by atoms with Gasteiger partial charge in [0, 0.05) is 47.7 Å². The molecule has 0 saturated carbocycles. The molecule has 1 atom stereocenters. The first kappa shape index (κ1) is 21.0. The van der Waals surface area contributed by atoms with E-state index in [1.165, 1.54) is 19.2 Å². The van der Waals surface area contributed by atoms with Crippen molar-refractivity contribution in [3.63, 3.8) is 0 Å². The van der Waals surface area contributed by atoms with Crippen LogP contribution in [0.4, 0.5) is 10.2 Å². The van der Waals surface area contributed by atoms with Crippen molar-refractivity contribution in [1.29, 1.82) is 0 Å². The molecule has 9 nitrogen and oxygen atoms in total. The van der Waals surface area contributed by atoms with Gasteiger partial charge in [0.25, 0.3) is 5.91 Å². The van der Waals surface area contributed by atoms with Crippen molar-refractivity contribution in [3.8, 4) is 22.3 Å². The zero-order valence-electron chi connectivity index (χ0n) is 18.2. The van der Waals surface area contributed by atoms with Crippen molar-refractivity contribution >= 4 is 17.4 Å². The number of nitrogens with one attached hydrogen (secondary N) is 2. The second kappa shape index (κ2) is 8.55. The fraction of sp³-hybridized carbons (Fsp3) is 0.261. The number of ether oxygens (including phenoxy) is 1. The number of hydrogen-bond donors (Lipinski definition) is 2. The quantitative estimate of drug-likeness (QED) is 0.485. The Kier molecular flexibility index (Phi) is 5.43. The molecular weight excluding hydrogens is 425 g/mol. The van der Waals surface area contributed by atoms with Gasteiger partial charge in [-0.1, -0.05) is 0 Å². The maximum atomic E-state index is 15.2. The van der Waals surface area contributed by atoms with Gasteiger partial charge in [-0.15, -0.1) is 0 Å². The molecular formula is C23H22FN7O2. The van der Waals surface area contributed by atoms with E-state index in [2.05, 4.69) is 25.9 Å². The lowest BCUT2D eigenvalue weighted by Crippen LogP contribution is -2.20. The maximum Gasteiger partial charge on any atom is 0.251 e.